The molecule has 2 N–H and O–H groups in total. The summed E-state index contributed by atoms with van der Waals surface area (Å²) in [6.07, 6.45) is 7.43. The van der Waals surface area contributed by atoms with Gasteiger partial charge in [-0.1, -0.05) is 20.8 Å². The lowest BCUT2D eigenvalue weighted by Crippen LogP contribution is -2.41. The number of nitrogens with zero attached hydrogens (tertiary/aromatic N) is 2. The Morgan fingerprint density at radius 2 is 2.05 bits per heavy atom. The topological polar surface area (TPSA) is 51.3 Å². The standard InChI is InChI=1S/C17H29N3O/c1-5-10-20-12-13(18)11-15(20)16(21)19(4)14-6-8-17(2,3)9-7-14/h11-12,14H,5-10,18H2,1-4H3. The molecule has 1 aliphatic rings. The van der Waals surface area contributed by atoms with E-state index in [4.69, 9.17) is 5.73 Å². The summed E-state index contributed by atoms with van der Waals surface area (Å²) in [5.41, 5.74) is 7.69. The van der Waals surface area contributed by atoms with Gasteiger partial charge in [-0.15, -0.1) is 0 Å². The third-order valence-corrected chi connectivity index (χ3v) is 4.78. The molecule has 0 aromatic carbocycles. The van der Waals surface area contributed by atoms with Gasteiger partial charge in [0.1, 0.15) is 5.69 Å². The van der Waals surface area contributed by atoms with Gasteiger partial charge in [-0.3, -0.25) is 4.79 Å². The molecule has 1 saturated carbocycles. The van der Waals surface area contributed by atoms with Crippen LogP contribution in [0.15, 0.2) is 12.3 Å². The maximum Gasteiger partial charge on any atom is 0.270 e. The average Bonchev–Trinajstić information content (AvgIpc) is 2.78. The number of aromatic nitrogens is 1. The first-order valence-electron chi connectivity index (χ1n) is 8.07. The van der Waals surface area contributed by atoms with Crippen LogP contribution in [0.5, 0.6) is 0 Å². The van der Waals surface area contributed by atoms with Crippen molar-refractivity contribution in [2.24, 2.45) is 5.41 Å². The van der Waals surface area contributed by atoms with Crippen molar-refractivity contribution >= 4 is 11.6 Å². The monoisotopic (exact) mass is 291 g/mol. The lowest BCUT2D eigenvalue weighted by atomic mass is 9.75. The second kappa shape index (κ2) is 6.12. The molecule has 4 nitrogen and oxygen atoms in total. The Hall–Kier alpha value is -1.45. The normalized spacial score (nSPS) is 18.7. The zero-order valence-electron chi connectivity index (χ0n) is 13.9. The predicted octanol–water partition coefficient (Wildman–Crippen LogP) is 3.52. The number of nitrogens with two attached hydrogens (primary N) is 1. The van der Waals surface area contributed by atoms with E-state index in [9.17, 15) is 4.79 Å². The number of carbonyl (C=O) groups excluding carboxylic acids is 1. The number of amides is 1. The molecule has 4 heteroatoms. The van der Waals surface area contributed by atoms with Gasteiger partial charge in [0.2, 0.25) is 0 Å². The molecule has 1 aliphatic carbocycles. The first kappa shape index (κ1) is 15.9. The van der Waals surface area contributed by atoms with Crippen molar-refractivity contribution in [1.29, 1.82) is 0 Å². The maximum absolute atomic E-state index is 12.8. The van der Waals surface area contributed by atoms with Crippen LogP contribution < -0.4 is 5.73 Å². The largest absolute Gasteiger partial charge is 0.397 e. The van der Waals surface area contributed by atoms with Gasteiger partial charge in [0.25, 0.3) is 5.91 Å². The number of aryl methyl sites for hydroxylation is 1. The molecule has 2 rings (SSSR count). The summed E-state index contributed by atoms with van der Waals surface area (Å²) in [7, 11) is 1.94. The van der Waals surface area contributed by atoms with Crippen molar-refractivity contribution in [2.75, 3.05) is 12.8 Å². The molecule has 0 spiro atoms. The van der Waals surface area contributed by atoms with Crippen LogP contribution in [-0.4, -0.2) is 28.5 Å². The van der Waals surface area contributed by atoms with E-state index in [1.807, 2.05) is 22.7 Å². The third kappa shape index (κ3) is 3.60. The fraction of sp³-hybridized carbons (Fsp3) is 0.706. The lowest BCUT2D eigenvalue weighted by molar-refractivity contribution is 0.0624. The molecule has 0 atom stereocenters. The van der Waals surface area contributed by atoms with Gasteiger partial charge >= 0.3 is 0 Å². The first-order valence-corrected chi connectivity index (χ1v) is 8.07. The summed E-state index contributed by atoms with van der Waals surface area (Å²) in [5, 5.41) is 0. The smallest absolute Gasteiger partial charge is 0.270 e. The van der Waals surface area contributed by atoms with E-state index in [2.05, 4.69) is 20.8 Å². The minimum atomic E-state index is 0.102. The van der Waals surface area contributed by atoms with E-state index in [1.165, 1.54) is 12.8 Å². The van der Waals surface area contributed by atoms with Crippen LogP contribution in [0.4, 0.5) is 5.69 Å². The van der Waals surface area contributed by atoms with Gasteiger partial charge in [-0.2, -0.15) is 0 Å². The fourth-order valence-corrected chi connectivity index (χ4v) is 3.26. The van der Waals surface area contributed by atoms with E-state index < -0.39 is 0 Å². The predicted molar refractivity (Wildman–Crippen MR) is 87.3 cm³/mol. The Bertz CT molecular complexity index is 494. The Morgan fingerprint density at radius 3 is 2.62 bits per heavy atom. The molecule has 0 bridgehead atoms. The summed E-state index contributed by atoms with van der Waals surface area (Å²) >= 11 is 0. The van der Waals surface area contributed by atoms with Gasteiger partial charge in [0, 0.05) is 25.8 Å². The summed E-state index contributed by atoms with van der Waals surface area (Å²) in [5.74, 6) is 0.102. The Kier molecular flexibility index (Phi) is 4.64. The summed E-state index contributed by atoms with van der Waals surface area (Å²) in [6.45, 7) is 7.58. The molecule has 1 aromatic rings. The van der Waals surface area contributed by atoms with Crippen molar-refractivity contribution in [1.82, 2.24) is 9.47 Å². The fourth-order valence-electron chi connectivity index (χ4n) is 3.26. The first-order chi connectivity index (χ1) is 9.84. The Labute approximate surface area is 128 Å². The molecular weight excluding hydrogens is 262 g/mol. The minimum Gasteiger partial charge on any atom is -0.397 e. The van der Waals surface area contributed by atoms with Crippen molar-refractivity contribution in [2.45, 2.75) is 65.5 Å². The minimum absolute atomic E-state index is 0.102. The van der Waals surface area contributed by atoms with Crippen LogP contribution in [0.2, 0.25) is 0 Å². The lowest BCUT2D eigenvalue weighted by Gasteiger charge is -2.38. The molecule has 1 aromatic heterocycles. The SMILES string of the molecule is CCCn1cc(N)cc1C(=O)N(C)C1CCC(C)(C)CC1. The molecule has 118 valence electrons. The zero-order valence-corrected chi connectivity index (χ0v) is 13.9. The maximum atomic E-state index is 12.8. The number of carbonyl (C=O) groups is 1. The number of nitrogen functional groups attached to an aromatic ring is 1. The number of hydrogen-bond acceptors (Lipinski definition) is 2. The van der Waals surface area contributed by atoms with Crippen molar-refractivity contribution in [3.05, 3.63) is 18.0 Å². The second-order valence-electron chi connectivity index (χ2n) is 7.16. The van der Waals surface area contributed by atoms with Crippen molar-refractivity contribution in [3.8, 4) is 0 Å². The number of hydrogen-bond donors (Lipinski definition) is 1. The highest BCUT2D eigenvalue weighted by Gasteiger charge is 2.31. The summed E-state index contributed by atoms with van der Waals surface area (Å²) < 4.78 is 1.99. The molecular formula is C17H29N3O. The number of anilines is 1. The van der Waals surface area contributed by atoms with Gasteiger partial charge in [0.15, 0.2) is 0 Å². The van der Waals surface area contributed by atoms with Gasteiger partial charge in [0.05, 0.1) is 5.69 Å². The highest BCUT2D eigenvalue weighted by Crippen LogP contribution is 2.36. The molecule has 0 unspecified atom stereocenters. The van der Waals surface area contributed by atoms with Crippen LogP contribution in [0.3, 0.4) is 0 Å². The molecule has 21 heavy (non-hydrogen) atoms. The molecule has 0 radical (unpaired) electrons. The van der Waals surface area contributed by atoms with Gasteiger partial charge in [-0.25, -0.2) is 0 Å². The quantitative estimate of drug-likeness (QED) is 0.922. The van der Waals surface area contributed by atoms with E-state index in [0.717, 1.165) is 31.5 Å². The Morgan fingerprint density at radius 1 is 1.43 bits per heavy atom. The van der Waals surface area contributed by atoms with Crippen molar-refractivity contribution < 1.29 is 4.79 Å². The van der Waals surface area contributed by atoms with E-state index >= 15 is 0 Å². The van der Waals surface area contributed by atoms with Crippen LogP contribution in [0.1, 0.15) is 63.4 Å². The van der Waals surface area contributed by atoms with Crippen LogP contribution in [0, 0.1) is 5.41 Å². The van der Waals surface area contributed by atoms with Gasteiger partial charge in [-0.05, 0) is 43.6 Å². The van der Waals surface area contributed by atoms with Crippen molar-refractivity contribution in [3.63, 3.8) is 0 Å². The van der Waals surface area contributed by atoms with Crippen LogP contribution in [0.25, 0.3) is 0 Å². The molecule has 1 fully saturated rings. The number of rotatable bonds is 4. The van der Waals surface area contributed by atoms with Gasteiger partial charge < -0.3 is 15.2 Å². The van der Waals surface area contributed by atoms with Crippen LogP contribution in [-0.2, 0) is 6.54 Å². The highest BCUT2D eigenvalue weighted by atomic mass is 16.2. The van der Waals surface area contributed by atoms with E-state index in [1.54, 1.807) is 6.07 Å². The van der Waals surface area contributed by atoms with E-state index in [0.29, 0.717) is 17.1 Å². The van der Waals surface area contributed by atoms with E-state index in [-0.39, 0.29) is 5.91 Å². The molecule has 0 saturated heterocycles. The molecule has 1 heterocycles. The highest BCUT2D eigenvalue weighted by molar-refractivity contribution is 5.93. The molecule has 1 amide bonds. The summed E-state index contributed by atoms with van der Waals surface area (Å²) in [6, 6.07) is 2.16. The average molecular weight is 291 g/mol. The Balaban J connectivity index is 2.09. The second-order valence-corrected chi connectivity index (χ2v) is 7.16. The van der Waals surface area contributed by atoms with Crippen LogP contribution >= 0.6 is 0 Å². The third-order valence-electron chi connectivity index (χ3n) is 4.78. The zero-order chi connectivity index (χ0) is 15.6. The summed E-state index contributed by atoms with van der Waals surface area (Å²) in [4.78, 5) is 14.7. The molecule has 0 aliphatic heterocycles.